The number of hydrogen-bond donors (Lipinski definition) is 1. The summed E-state index contributed by atoms with van der Waals surface area (Å²) < 4.78 is 0. The molecular weight excluding hydrogens is 216 g/mol. The maximum absolute atomic E-state index is 4.18. The minimum atomic E-state index is 0.373. The van der Waals surface area contributed by atoms with Crippen molar-refractivity contribution in [2.24, 2.45) is 0 Å². The smallest absolute Gasteiger partial charge is 0.0384 e. The van der Waals surface area contributed by atoms with Crippen molar-refractivity contribution in [3.8, 4) is 0 Å². The van der Waals surface area contributed by atoms with E-state index in [1.165, 1.54) is 10.4 Å². The van der Waals surface area contributed by atoms with E-state index in [-0.39, 0.29) is 0 Å². The summed E-state index contributed by atoms with van der Waals surface area (Å²) in [5.74, 6) is 0. The van der Waals surface area contributed by atoms with Gasteiger partial charge in [0.25, 0.3) is 0 Å². The Kier molecular flexibility index (Phi) is 4.08. The second-order valence-corrected chi connectivity index (χ2v) is 4.71. The Bertz CT molecular complexity index is 397. The molecule has 2 nitrogen and oxygen atoms in total. The van der Waals surface area contributed by atoms with Crippen molar-refractivity contribution in [2.45, 2.75) is 19.4 Å². The molecule has 84 valence electrons. The fourth-order valence-electron chi connectivity index (χ4n) is 1.77. The molecule has 0 fully saturated rings. The van der Waals surface area contributed by atoms with E-state index in [1.54, 1.807) is 0 Å². The van der Waals surface area contributed by atoms with Crippen LogP contribution in [0.3, 0.4) is 0 Å². The quantitative estimate of drug-likeness (QED) is 0.857. The number of thiophene rings is 1. The monoisotopic (exact) mass is 232 g/mol. The highest BCUT2D eigenvalue weighted by Crippen LogP contribution is 2.20. The van der Waals surface area contributed by atoms with Gasteiger partial charge in [0.05, 0.1) is 0 Å². The predicted octanol–water partition coefficient (Wildman–Crippen LogP) is 3.04. The summed E-state index contributed by atoms with van der Waals surface area (Å²) in [5, 5.41) is 5.63. The van der Waals surface area contributed by atoms with Gasteiger partial charge in [-0.15, -0.1) is 11.3 Å². The third kappa shape index (κ3) is 2.90. The van der Waals surface area contributed by atoms with Crippen LogP contribution in [0.4, 0.5) is 0 Å². The Balaban J connectivity index is 2.11. The van der Waals surface area contributed by atoms with Crippen molar-refractivity contribution in [1.82, 2.24) is 10.3 Å². The first-order chi connectivity index (χ1) is 7.90. The van der Waals surface area contributed by atoms with Gasteiger partial charge in [0.2, 0.25) is 0 Å². The Morgan fingerprint density at radius 1 is 1.38 bits per heavy atom. The summed E-state index contributed by atoms with van der Waals surface area (Å²) in [6, 6.07) is 8.79. The van der Waals surface area contributed by atoms with Crippen molar-refractivity contribution in [3.05, 3.63) is 52.5 Å². The van der Waals surface area contributed by atoms with Crippen LogP contribution in [0.15, 0.2) is 42.0 Å². The van der Waals surface area contributed by atoms with Crippen molar-refractivity contribution < 1.29 is 0 Å². The standard InChI is InChI=1S/C13H16N2S/c1-2-15-13(9-12-6-4-8-16-12)11-5-3-7-14-10-11/h3-8,10,13,15H,2,9H2,1H3. The molecular formula is C13H16N2S. The zero-order chi connectivity index (χ0) is 11.2. The Labute approximate surface area is 100 Å². The van der Waals surface area contributed by atoms with Crippen LogP contribution in [0.25, 0.3) is 0 Å². The lowest BCUT2D eigenvalue weighted by molar-refractivity contribution is 0.552. The molecule has 0 aliphatic carbocycles. The van der Waals surface area contributed by atoms with E-state index in [1.807, 2.05) is 29.8 Å². The molecule has 0 aliphatic rings. The second kappa shape index (κ2) is 5.77. The van der Waals surface area contributed by atoms with E-state index in [0.717, 1.165) is 13.0 Å². The first-order valence-electron chi connectivity index (χ1n) is 5.56. The van der Waals surface area contributed by atoms with Gasteiger partial charge in [-0.05, 0) is 29.6 Å². The SMILES string of the molecule is CCNC(Cc1cccs1)c1cccnc1. The van der Waals surface area contributed by atoms with Crippen LogP contribution in [0.1, 0.15) is 23.4 Å². The normalized spacial score (nSPS) is 12.6. The number of hydrogen-bond acceptors (Lipinski definition) is 3. The van der Waals surface area contributed by atoms with Gasteiger partial charge >= 0.3 is 0 Å². The van der Waals surface area contributed by atoms with Crippen LogP contribution in [0.5, 0.6) is 0 Å². The van der Waals surface area contributed by atoms with Gasteiger partial charge in [-0.2, -0.15) is 0 Å². The first-order valence-corrected chi connectivity index (χ1v) is 6.44. The molecule has 16 heavy (non-hydrogen) atoms. The van der Waals surface area contributed by atoms with Crippen molar-refractivity contribution in [2.75, 3.05) is 6.54 Å². The number of nitrogens with one attached hydrogen (secondary N) is 1. The number of nitrogens with zero attached hydrogens (tertiary/aromatic N) is 1. The first kappa shape index (κ1) is 11.3. The molecule has 1 unspecified atom stereocenters. The minimum Gasteiger partial charge on any atom is -0.310 e. The average molecular weight is 232 g/mol. The highest BCUT2D eigenvalue weighted by molar-refractivity contribution is 7.09. The van der Waals surface area contributed by atoms with Gasteiger partial charge in [0.15, 0.2) is 0 Å². The maximum atomic E-state index is 4.18. The number of likely N-dealkylation sites (N-methyl/N-ethyl adjacent to an activating group) is 1. The molecule has 1 atom stereocenters. The van der Waals surface area contributed by atoms with E-state index < -0.39 is 0 Å². The molecule has 0 saturated heterocycles. The van der Waals surface area contributed by atoms with E-state index in [2.05, 4.69) is 40.8 Å². The molecule has 0 spiro atoms. The van der Waals surface area contributed by atoms with Gasteiger partial charge in [0, 0.05) is 29.7 Å². The van der Waals surface area contributed by atoms with Crippen LogP contribution in [-0.2, 0) is 6.42 Å². The Hall–Kier alpha value is -1.19. The van der Waals surface area contributed by atoms with Gasteiger partial charge < -0.3 is 5.32 Å². The molecule has 2 aromatic heterocycles. The van der Waals surface area contributed by atoms with Crippen LogP contribution in [-0.4, -0.2) is 11.5 Å². The third-order valence-corrected chi connectivity index (χ3v) is 3.42. The average Bonchev–Trinajstić information content (AvgIpc) is 2.83. The molecule has 2 rings (SSSR count). The molecule has 0 radical (unpaired) electrons. The third-order valence-electron chi connectivity index (χ3n) is 2.52. The summed E-state index contributed by atoms with van der Waals surface area (Å²) in [4.78, 5) is 5.59. The van der Waals surface area contributed by atoms with Crippen LogP contribution in [0.2, 0.25) is 0 Å². The highest BCUT2D eigenvalue weighted by Gasteiger charge is 2.11. The summed E-state index contributed by atoms with van der Waals surface area (Å²) >= 11 is 1.81. The zero-order valence-electron chi connectivity index (χ0n) is 9.39. The molecule has 0 aliphatic heterocycles. The second-order valence-electron chi connectivity index (χ2n) is 3.68. The van der Waals surface area contributed by atoms with Crippen molar-refractivity contribution in [1.29, 1.82) is 0 Å². The lowest BCUT2D eigenvalue weighted by atomic mass is 10.1. The van der Waals surface area contributed by atoms with Gasteiger partial charge in [-0.3, -0.25) is 4.98 Å². The molecule has 2 aromatic rings. The molecule has 0 amide bonds. The Morgan fingerprint density at radius 2 is 2.31 bits per heavy atom. The van der Waals surface area contributed by atoms with Gasteiger partial charge in [0.1, 0.15) is 0 Å². The van der Waals surface area contributed by atoms with Crippen LogP contribution < -0.4 is 5.32 Å². The highest BCUT2D eigenvalue weighted by atomic mass is 32.1. The maximum Gasteiger partial charge on any atom is 0.0384 e. The van der Waals surface area contributed by atoms with E-state index in [9.17, 15) is 0 Å². The molecule has 0 bridgehead atoms. The lowest BCUT2D eigenvalue weighted by Gasteiger charge is -2.16. The summed E-state index contributed by atoms with van der Waals surface area (Å²) in [6.07, 6.45) is 4.80. The zero-order valence-corrected chi connectivity index (χ0v) is 10.2. The van der Waals surface area contributed by atoms with E-state index in [4.69, 9.17) is 0 Å². The summed E-state index contributed by atoms with van der Waals surface area (Å²) in [7, 11) is 0. The van der Waals surface area contributed by atoms with Crippen molar-refractivity contribution in [3.63, 3.8) is 0 Å². The molecule has 0 aromatic carbocycles. The van der Waals surface area contributed by atoms with Crippen LogP contribution >= 0.6 is 11.3 Å². The summed E-state index contributed by atoms with van der Waals surface area (Å²) in [6.45, 7) is 3.11. The van der Waals surface area contributed by atoms with E-state index >= 15 is 0 Å². The largest absolute Gasteiger partial charge is 0.310 e. The minimum absolute atomic E-state index is 0.373. The number of rotatable bonds is 5. The molecule has 3 heteroatoms. The van der Waals surface area contributed by atoms with E-state index in [0.29, 0.717) is 6.04 Å². The molecule has 1 N–H and O–H groups in total. The number of pyridine rings is 1. The van der Waals surface area contributed by atoms with Crippen LogP contribution in [0, 0.1) is 0 Å². The fraction of sp³-hybridized carbons (Fsp3) is 0.308. The lowest BCUT2D eigenvalue weighted by Crippen LogP contribution is -2.22. The predicted molar refractivity (Wildman–Crippen MR) is 68.7 cm³/mol. The van der Waals surface area contributed by atoms with Gasteiger partial charge in [-0.25, -0.2) is 0 Å². The molecule has 2 heterocycles. The Morgan fingerprint density at radius 3 is 2.94 bits per heavy atom. The molecule has 0 saturated carbocycles. The van der Waals surface area contributed by atoms with Crippen molar-refractivity contribution >= 4 is 11.3 Å². The van der Waals surface area contributed by atoms with Gasteiger partial charge in [-0.1, -0.05) is 19.1 Å². The topological polar surface area (TPSA) is 24.9 Å². The fourth-order valence-corrected chi connectivity index (χ4v) is 2.52. The number of aromatic nitrogens is 1. The summed E-state index contributed by atoms with van der Waals surface area (Å²) in [5.41, 5.74) is 1.26.